The maximum absolute atomic E-state index is 0. The standard InChI is InChI=1S/Al.Cu.H3Si.Sn.5H/h;;1H3;;;;;;. The molecular formula is H8AlCuSiSn. The molecule has 0 atom stereocenters. The summed E-state index contributed by atoms with van der Waals surface area (Å²) >= 11 is 0. The third-order valence-corrected chi connectivity index (χ3v) is 0. The number of rotatable bonds is 0. The molecule has 0 aliphatic heterocycles. The van der Waals surface area contributed by atoms with E-state index >= 15 is 0 Å². The Balaban J connectivity index is 0. The van der Waals surface area contributed by atoms with E-state index in [2.05, 4.69) is 0 Å². The van der Waals surface area contributed by atoms with E-state index in [-0.39, 0.29) is 69.3 Å². The Kier molecular flexibility index (Phi) is 179. The first-order valence-corrected chi connectivity index (χ1v) is 0. The quantitative estimate of drug-likeness (QED) is 0.393. The number of hydrogen-bond acceptors (Lipinski definition) is 0. The molecule has 4 heteroatoms. The van der Waals surface area contributed by atoms with Crippen molar-refractivity contribution in [1.82, 2.24) is 0 Å². The van der Waals surface area contributed by atoms with Gasteiger partial charge in [-0.15, -0.1) is 0 Å². The molecule has 0 saturated heterocycles. The molecule has 0 unspecified atom stereocenters. The zero-order valence-corrected chi connectivity index (χ0v) is 8.99. The fourth-order valence-electron chi connectivity index (χ4n) is 0. The molecule has 0 nitrogen and oxygen atoms in total. The average molecular weight is 245 g/mol. The molecule has 0 heterocycles. The van der Waals surface area contributed by atoms with Crippen molar-refractivity contribution < 1.29 is 17.1 Å². The minimum atomic E-state index is 0. The summed E-state index contributed by atoms with van der Waals surface area (Å²) in [6.45, 7) is 0. The molecule has 0 spiro atoms. The molecule has 4 heavy (non-hydrogen) atoms. The van der Waals surface area contributed by atoms with Crippen molar-refractivity contribution >= 4 is 52.2 Å². The molecule has 0 aliphatic rings. The van der Waals surface area contributed by atoms with Crippen LogP contribution in [0.2, 0.25) is 0 Å². The summed E-state index contributed by atoms with van der Waals surface area (Å²) in [6.07, 6.45) is 0. The summed E-state index contributed by atoms with van der Waals surface area (Å²) in [7, 11) is 0. The molecule has 0 aromatic heterocycles. The molecule has 0 bridgehead atoms. The van der Waals surface area contributed by atoms with E-state index < -0.39 is 0 Å². The Labute approximate surface area is 68.7 Å². The summed E-state index contributed by atoms with van der Waals surface area (Å²) < 4.78 is 0. The molecule has 0 rings (SSSR count). The van der Waals surface area contributed by atoms with Crippen LogP contribution in [0.25, 0.3) is 0 Å². The van der Waals surface area contributed by atoms with Gasteiger partial charge in [-0.25, -0.2) is 0 Å². The third kappa shape index (κ3) is 8.95. The number of hydrogen-bond donors (Lipinski definition) is 0. The molecule has 0 fully saturated rings. The van der Waals surface area contributed by atoms with Gasteiger partial charge in [-0.2, -0.15) is 0 Å². The molecule has 30 valence electrons. The zero-order valence-electron chi connectivity index (χ0n) is 2.01. The molecule has 0 aromatic rings. The average Bonchev–Trinajstić information content (AvgIpc) is 0. The van der Waals surface area contributed by atoms with Gasteiger partial charge in [0.25, 0.3) is 0 Å². The Morgan fingerprint density at radius 3 is 1.00 bits per heavy atom. The van der Waals surface area contributed by atoms with E-state index in [1.807, 2.05) is 0 Å². The third-order valence-electron chi connectivity index (χ3n) is 0. The van der Waals surface area contributed by atoms with E-state index in [0.29, 0.717) is 0 Å². The van der Waals surface area contributed by atoms with E-state index in [1.165, 1.54) is 0 Å². The second-order valence-corrected chi connectivity index (χ2v) is 0. The van der Waals surface area contributed by atoms with E-state index in [4.69, 9.17) is 0 Å². The topological polar surface area (TPSA) is 0 Å². The predicted molar refractivity (Wildman–Crippen MR) is 28.4 cm³/mol. The first kappa shape index (κ1) is 36.5. The van der Waals surface area contributed by atoms with Crippen LogP contribution < -0.4 is 0 Å². The Morgan fingerprint density at radius 2 is 1.00 bits per heavy atom. The summed E-state index contributed by atoms with van der Waals surface area (Å²) in [5, 5.41) is 0. The summed E-state index contributed by atoms with van der Waals surface area (Å²) in [4.78, 5) is 0. The first-order chi connectivity index (χ1) is 0. The van der Waals surface area contributed by atoms with Crippen LogP contribution in [0.5, 0.6) is 0 Å². The molecule has 0 aliphatic carbocycles. The van der Waals surface area contributed by atoms with Crippen LogP contribution in [-0.4, -0.2) is 52.2 Å². The van der Waals surface area contributed by atoms with Crippen LogP contribution in [0.3, 0.4) is 0 Å². The van der Waals surface area contributed by atoms with Gasteiger partial charge in [-0.1, -0.05) is 0 Å². The van der Waals surface area contributed by atoms with Crippen molar-refractivity contribution in [3.8, 4) is 0 Å². The summed E-state index contributed by atoms with van der Waals surface area (Å²) in [5.41, 5.74) is 0. The van der Waals surface area contributed by atoms with Crippen LogP contribution in [0.1, 0.15) is 0 Å². The van der Waals surface area contributed by atoms with Crippen LogP contribution >= 0.6 is 0 Å². The maximum atomic E-state index is 0. The fourth-order valence-corrected chi connectivity index (χ4v) is 0. The molecule has 0 N–H and O–H groups in total. The van der Waals surface area contributed by atoms with Crippen molar-refractivity contribution in [2.45, 2.75) is 0 Å². The van der Waals surface area contributed by atoms with Gasteiger partial charge >= 0.3 is 23.9 Å². The molecule has 0 aromatic carbocycles. The molecular weight excluding hydrogens is 237 g/mol. The molecule has 0 saturated carbocycles. The monoisotopic (exact) mass is 246 g/mol. The van der Waals surface area contributed by atoms with Crippen LogP contribution in [0.15, 0.2) is 0 Å². The van der Waals surface area contributed by atoms with Gasteiger partial charge in [0.15, 0.2) is 17.4 Å². The van der Waals surface area contributed by atoms with Crippen LogP contribution in [-0.2, 0) is 17.1 Å². The predicted octanol–water partition coefficient (Wildman–Crippen LogP) is -3.29. The van der Waals surface area contributed by atoms with Gasteiger partial charge in [-0.3, -0.25) is 0 Å². The van der Waals surface area contributed by atoms with Crippen LogP contribution in [0.4, 0.5) is 0 Å². The molecule has 4 radical (unpaired) electrons. The van der Waals surface area contributed by atoms with Crippen molar-refractivity contribution in [2.75, 3.05) is 0 Å². The Bertz CT molecular complexity index is 8.00. The van der Waals surface area contributed by atoms with E-state index in [1.54, 1.807) is 0 Å². The minimum absolute atomic E-state index is 0. The molecule has 0 amide bonds. The second-order valence-electron chi connectivity index (χ2n) is 0. The zero-order chi connectivity index (χ0) is 0. The van der Waals surface area contributed by atoms with Gasteiger partial charge in [0.2, 0.25) is 0 Å². The summed E-state index contributed by atoms with van der Waals surface area (Å²) in [5.74, 6) is 0. The second kappa shape index (κ2) is 19.6. The van der Waals surface area contributed by atoms with E-state index in [0.717, 1.165) is 0 Å². The normalized spacial score (nSPS) is 0. The van der Waals surface area contributed by atoms with Gasteiger partial charge in [0.05, 0.1) is 0 Å². The van der Waals surface area contributed by atoms with Gasteiger partial charge < -0.3 is 0 Å². The first-order valence-electron chi connectivity index (χ1n) is 0. The van der Waals surface area contributed by atoms with Crippen molar-refractivity contribution in [1.29, 1.82) is 0 Å². The SMILES string of the molecule is [AlH3].[Cu].[SiH3].[SnH2]. The van der Waals surface area contributed by atoms with Gasteiger partial charge in [0.1, 0.15) is 0 Å². The Hall–Kier alpha value is 2.07. The van der Waals surface area contributed by atoms with Crippen molar-refractivity contribution in [3.05, 3.63) is 0 Å². The Morgan fingerprint density at radius 1 is 1.00 bits per heavy atom. The van der Waals surface area contributed by atoms with E-state index in [9.17, 15) is 0 Å². The van der Waals surface area contributed by atoms with Crippen molar-refractivity contribution in [3.63, 3.8) is 0 Å². The van der Waals surface area contributed by atoms with Gasteiger partial charge in [-0.05, 0) is 11.0 Å². The van der Waals surface area contributed by atoms with Gasteiger partial charge in [0, 0.05) is 17.1 Å². The van der Waals surface area contributed by atoms with Crippen LogP contribution in [0, 0.1) is 0 Å². The fraction of sp³-hybridized carbons (Fsp3) is 0. The summed E-state index contributed by atoms with van der Waals surface area (Å²) in [6, 6.07) is 0. The van der Waals surface area contributed by atoms with Crippen molar-refractivity contribution in [2.24, 2.45) is 0 Å².